The Morgan fingerprint density at radius 3 is 3.05 bits per heavy atom. The number of nitrogens with zero attached hydrogens (tertiary/aromatic N) is 1. The van der Waals surface area contributed by atoms with Crippen LogP contribution in [-0.4, -0.2) is 43.0 Å². The highest BCUT2D eigenvalue weighted by Crippen LogP contribution is 2.18. The molecule has 0 aliphatic carbocycles. The number of carbonyl (C=O) groups is 2. The van der Waals surface area contributed by atoms with E-state index in [-0.39, 0.29) is 30.5 Å². The Bertz CT molecular complexity index is 458. The molecular formula is C14H20N2O4. The third-order valence-corrected chi connectivity index (χ3v) is 3.53. The number of amides is 1. The summed E-state index contributed by atoms with van der Waals surface area (Å²) >= 11 is 0. The average Bonchev–Trinajstić information content (AvgIpc) is 3.08. The molecule has 0 radical (unpaired) electrons. The lowest BCUT2D eigenvalue weighted by Crippen LogP contribution is -2.43. The van der Waals surface area contributed by atoms with Gasteiger partial charge in [-0.2, -0.15) is 0 Å². The molecular weight excluding hydrogens is 260 g/mol. The summed E-state index contributed by atoms with van der Waals surface area (Å²) in [5, 5.41) is 2.86. The molecule has 1 fully saturated rings. The molecule has 0 aromatic carbocycles. The van der Waals surface area contributed by atoms with Crippen molar-refractivity contribution in [2.75, 3.05) is 20.2 Å². The zero-order valence-electron chi connectivity index (χ0n) is 11.8. The quantitative estimate of drug-likeness (QED) is 0.818. The van der Waals surface area contributed by atoms with Gasteiger partial charge in [-0.3, -0.25) is 14.5 Å². The topological polar surface area (TPSA) is 71.8 Å². The Morgan fingerprint density at radius 1 is 1.60 bits per heavy atom. The molecule has 2 atom stereocenters. The van der Waals surface area contributed by atoms with E-state index >= 15 is 0 Å². The molecule has 0 bridgehead atoms. The lowest BCUT2D eigenvalue weighted by atomic mass is 10.2. The van der Waals surface area contributed by atoms with Crippen molar-refractivity contribution in [1.29, 1.82) is 0 Å². The van der Waals surface area contributed by atoms with E-state index < -0.39 is 0 Å². The Kier molecular flexibility index (Phi) is 4.79. The highest BCUT2D eigenvalue weighted by Gasteiger charge is 2.32. The minimum atomic E-state index is -0.301. The molecule has 2 heterocycles. The number of likely N-dealkylation sites (tertiary alicyclic amines) is 1. The van der Waals surface area contributed by atoms with E-state index in [4.69, 9.17) is 9.15 Å². The third kappa shape index (κ3) is 3.39. The van der Waals surface area contributed by atoms with Gasteiger partial charge in [0.05, 0.1) is 26.0 Å². The highest BCUT2D eigenvalue weighted by atomic mass is 16.5. The van der Waals surface area contributed by atoms with Crippen molar-refractivity contribution in [2.24, 2.45) is 0 Å². The third-order valence-electron chi connectivity index (χ3n) is 3.53. The molecule has 1 aromatic heterocycles. The first kappa shape index (κ1) is 14.6. The fourth-order valence-corrected chi connectivity index (χ4v) is 2.50. The van der Waals surface area contributed by atoms with Crippen LogP contribution in [-0.2, 0) is 14.3 Å². The number of esters is 1. The summed E-state index contributed by atoms with van der Waals surface area (Å²) in [7, 11) is 1.37. The lowest BCUT2D eigenvalue weighted by Gasteiger charge is -2.22. The Balaban J connectivity index is 1.86. The van der Waals surface area contributed by atoms with Crippen LogP contribution >= 0.6 is 0 Å². The molecule has 2 unspecified atom stereocenters. The van der Waals surface area contributed by atoms with E-state index in [1.54, 1.807) is 12.3 Å². The number of ether oxygens (including phenoxy) is 1. The van der Waals surface area contributed by atoms with Crippen LogP contribution in [0.5, 0.6) is 0 Å². The van der Waals surface area contributed by atoms with E-state index in [0.29, 0.717) is 5.76 Å². The number of hydrogen-bond acceptors (Lipinski definition) is 5. The van der Waals surface area contributed by atoms with Gasteiger partial charge in [-0.25, -0.2) is 0 Å². The molecule has 1 amide bonds. The second kappa shape index (κ2) is 6.56. The SMILES string of the molecule is COC(=O)C1CCCN1CC(=O)NC(C)c1ccco1. The first-order valence-electron chi connectivity index (χ1n) is 6.76. The van der Waals surface area contributed by atoms with Gasteiger partial charge in [0, 0.05) is 0 Å². The Labute approximate surface area is 118 Å². The van der Waals surface area contributed by atoms with Crippen molar-refractivity contribution in [3.63, 3.8) is 0 Å². The molecule has 1 aromatic rings. The van der Waals surface area contributed by atoms with Gasteiger partial charge in [0.2, 0.25) is 5.91 Å². The molecule has 1 aliphatic rings. The molecule has 1 saturated heterocycles. The summed E-state index contributed by atoms with van der Waals surface area (Å²) in [6, 6.07) is 3.12. The van der Waals surface area contributed by atoms with Gasteiger partial charge >= 0.3 is 5.97 Å². The van der Waals surface area contributed by atoms with Crippen LogP contribution in [0.25, 0.3) is 0 Å². The summed E-state index contributed by atoms with van der Waals surface area (Å²) in [6.07, 6.45) is 3.22. The first-order chi connectivity index (χ1) is 9.61. The fraction of sp³-hybridized carbons (Fsp3) is 0.571. The highest BCUT2D eigenvalue weighted by molar-refractivity contribution is 5.81. The monoisotopic (exact) mass is 280 g/mol. The Hall–Kier alpha value is -1.82. The second-order valence-corrected chi connectivity index (χ2v) is 4.96. The smallest absolute Gasteiger partial charge is 0.323 e. The predicted molar refractivity (Wildman–Crippen MR) is 71.9 cm³/mol. The van der Waals surface area contributed by atoms with Gasteiger partial charge in [0.15, 0.2) is 0 Å². The van der Waals surface area contributed by atoms with Crippen molar-refractivity contribution in [3.8, 4) is 0 Å². The van der Waals surface area contributed by atoms with Gasteiger partial charge in [0.1, 0.15) is 11.8 Å². The second-order valence-electron chi connectivity index (χ2n) is 4.96. The maximum absolute atomic E-state index is 12.0. The predicted octanol–water partition coefficient (Wildman–Crippen LogP) is 1.09. The first-order valence-corrected chi connectivity index (χ1v) is 6.76. The molecule has 0 spiro atoms. The largest absolute Gasteiger partial charge is 0.468 e. The molecule has 20 heavy (non-hydrogen) atoms. The number of nitrogens with one attached hydrogen (secondary N) is 1. The Morgan fingerprint density at radius 2 is 2.40 bits per heavy atom. The molecule has 1 N–H and O–H groups in total. The lowest BCUT2D eigenvalue weighted by molar-refractivity contribution is -0.146. The van der Waals surface area contributed by atoms with Crippen molar-refractivity contribution in [1.82, 2.24) is 10.2 Å². The number of rotatable bonds is 5. The number of hydrogen-bond donors (Lipinski definition) is 1. The van der Waals surface area contributed by atoms with Gasteiger partial charge in [-0.1, -0.05) is 0 Å². The number of furan rings is 1. The summed E-state index contributed by atoms with van der Waals surface area (Å²) in [5.74, 6) is 0.323. The van der Waals surface area contributed by atoms with Crippen molar-refractivity contribution in [2.45, 2.75) is 31.8 Å². The van der Waals surface area contributed by atoms with E-state index in [2.05, 4.69) is 5.32 Å². The van der Waals surface area contributed by atoms with E-state index in [1.807, 2.05) is 17.9 Å². The van der Waals surface area contributed by atoms with Crippen molar-refractivity contribution in [3.05, 3.63) is 24.2 Å². The average molecular weight is 280 g/mol. The summed E-state index contributed by atoms with van der Waals surface area (Å²) in [5.41, 5.74) is 0. The summed E-state index contributed by atoms with van der Waals surface area (Å²) < 4.78 is 10.00. The van der Waals surface area contributed by atoms with E-state index in [0.717, 1.165) is 19.4 Å². The molecule has 0 saturated carbocycles. The maximum Gasteiger partial charge on any atom is 0.323 e. The van der Waals surface area contributed by atoms with Crippen LogP contribution in [0.2, 0.25) is 0 Å². The minimum absolute atomic E-state index is 0.121. The molecule has 1 aliphatic heterocycles. The maximum atomic E-state index is 12.0. The van der Waals surface area contributed by atoms with Crippen LogP contribution in [0.15, 0.2) is 22.8 Å². The molecule has 2 rings (SSSR count). The molecule has 6 nitrogen and oxygen atoms in total. The fourth-order valence-electron chi connectivity index (χ4n) is 2.50. The molecule has 110 valence electrons. The van der Waals surface area contributed by atoms with Crippen LogP contribution in [0.3, 0.4) is 0 Å². The van der Waals surface area contributed by atoms with Crippen LogP contribution in [0, 0.1) is 0 Å². The van der Waals surface area contributed by atoms with Crippen molar-refractivity contribution >= 4 is 11.9 Å². The standard InChI is InChI=1S/C14H20N2O4/c1-10(12-6-4-8-20-12)15-13(17)9-16-7-3-5-11(16)14(18)19-2/h4,6,8,10-11H,3,5,7,9H2,1-2H3,(H,15,17). The number of methoxy groups -OCH3 is 1. The van der Waals surface area contributed by atoms with Gasteiger partial charge < -0.3 is 14.5 Å². The van der Waals surface area contributed by atoms with Gasteiger partial charge in [-0.05, 0) is 38.4 Å². The number of carbonyl (C=O) groups excluding carboxylic acids is 2. The van der Waals surface area contributed by atoms with Gasteiger partial charge in [0.25, 0.3) is 0 Å². The minimum Gasteiger partial charge on any atom is -0.468 e. The molecule has 6 heteroatoms. The van der Waals surface area contributed by atoms with Gasteiger partial charge in [-0.15, -0.1) is 0 Å². The zero-order chi connectivity index (χ0) is 14.5. The normalized spacial score (nSPS) is 20.6. The van der Waals surface area contributed by atoms with Crippen LogP contribution < -0.4 is 5.32 Å². The summed E-state index contributed by atoms with van der Waals surface area (Å²) in [4.78, 5) is 25.5. The van der Waals surface area contributed by atoms with E-state index in [1.165, 1.54) is 7.11 Å². The van der Waals surface area contributed by atoms with Crippen LogP contribution in [0.4, 0.5) is 0 Å². The van der Waals surface area contributed by atoms with Crippen molar-refractivity contribution < 1.29 is 18.7 Å². The van der Waals surface area contributed by atoms with E-state index in [9.17, 15) is 9.59 Å². The zero-order valence-corrected chi connectivity index (χ0v) is 11.8. The summed E-state index contributed by atoms with van der Waals surface area (Å²) in [6.45, 7) is 2.80. The van der Waals surface area contributed by atoms with Crippen LogP contribution in [0.1, 0.15) is 31.6 Å².